The maximum absolute atomic E-state index is 10.2. The number of thiophene rings is 1. The summed E-state index contributed by atoms with van der Waals surface area (Å²) in [6.45, 7) is 5.57. The van der Waals surface area contributed by atoms with Crippen LogP contribution >= 0.6 is 22.9 Å². The molecule has 0 aliphatic heterocycles. The molecule has 1 atom stereocenters. The zero-order valence-corrected chi connectivity index (χ0v) is 14.1. The van der Waals surface area contributed by atoms with E-state index in [1.807, 2.05) is 33.0 Å². The van der Waals surface area contributed by atoms with E-state index >= 15 is 0 Å². The van der Waals surface area contributed by atoms with Crippen molar-refractivity contribution in [3.63, 3.8) is 0 Å². The van der Waals surface area contributed by atoms with E-state index in [1.54, 1.807) is 16.0 Å². The fourth-order valence-corrected chi connectivity index (χ4v) is 3.44. The van der Waals surface area contributed by atoms with Gasteiger partial charge in [0.2, 0.25) is 0 Å². The van der Waals surface area contributed by atoms with Crippen molar-refractivity contribution in [3.8, 4) is 0 Å². The highest BCUT2D eigenvalue weighted by molar-refractivity contribution is 7.16. The second-order valence-corrected chi connectivity index (χ2v) is 7.12. The second-order valence-electron chi connectivity index (χ2n) is 5.32. The highest BCUT2D eigenvalue weighted by Crippen LogP contribution is 2.22. The van der Waals surface area contributed by atoms with Gasteiger partial charge in [-0.3, -0.25) is 9.58 Å². The topological polar surface area (TPSA) is 67.3 Å². The summed E-state index contributed by atoms with van der Waals surface area (Å²) in [5, 5.41) is 14.6. The maximum Gasteiger partial charge on any atom is 0.0931 e. The summed E-state index contributed by atoms with van der Waals surface area (Å²) < 4.78 is 2.56. The lowest BCUT2D eigenvalue weighted by atomic mass is 10.3. The van der Waals surface area contributed by atoms with Crippen molar-refractivity contribution in [3.05, 3.63) is 32.7 Å². The van der Waals surface area contributed by atoms with Crippen molar-refractivity contribution in [1.29, 1.82) is 0 Å². The minimum atomic E-state index is -0.497. The number of nitrogens with zero attached hydrogens (tertiary/aromatic N) is 3. The quantitative estimate of drug-likeness (QED) is 0.853. The van der Waals surface area contributed by atoms with E-state index in [4.69, 9.17) is 17.3 Å². The number of aliphatic hydroxyl groups excluding tert-OH is 1. The summed E-state index contributed by atoms with van der Waals surface area (Å²) in [6, 6.07) is 3.90. The van der Waals surface area contributed by atoms with E-state index < -0.39 is 6.10 Å². The Morgan fingerprint density at radius 1 is 1.48 bits per heavy atom. The summed E-state index contributed by atoms with van der Waals surface area (Å²) in [6.07, 6.45) is -0.497. The van der Waals surface area contributed by atoms with Gasteiger partial charge >= 0.3 is 0 Å². The van der Waals surface area contributed by atoms with Crippen LogP contribution in [0.5, 0.6) is 0 Å². The molecule has 0 spiro atoms. The van der Waals surface area contributed by atoms with Crippen molar-refractivity contribution in [2.75, 3.05) is 19.3 Å². The number of nitrogen functional groups attached to an aromatic ring is 1. The van der Waals surface area contributed by atoms with Gasteiger partial charge in [-0.2, -0.15) is 5.10 Å². The normalized spacial score (nSPS) is 13.0. The molecule has 0 fully saturated rings. The smallest absolute Gasteiger partial charge is 0.0931 e. The zero-order valence-electron chi connectivity index (χ0n) is 12.5. The predicted molar refractivity (Wildman–Crippen MR) is 87.8 cm³/mol. The molecule has 0 saturated carbocycles. The average Bonchev–Trinajstić information content (AvgIpc) is 2.89. The molecule has 0 amide bonds. The molecule has 0 aliphatic rings. The number of halogens is 1. The minimum Gasteiger partial charge on any atom is -0.396 e. The number of hydrogen-bond acceptors (Lipinski definition) is 5. The van der Waals surface area contributed by atoms with E-state index in [2.05, 4.69) is 10.00 Å². The Balaban J connectivity index is 1.88. The van der Waals surface area contributed by atoms with Gasteiger partial charge in [0.1, 0.15) is 0 Å². The van der Waals surface area contributed by atoms with Crippen LogP contribution in [0.2, 0.25) is 4.34 Å². The first-order valence-electron chi connectivity index (χ1n) is 6.77. The number of anilines is 1. The third-order valence-corrected chi connectivity index (χ3v) is 4.61. The molecule has 7 heteroatoms. The molecule has 0 saturated heterocycles. The molecule has 2 aromatic heterocycles. The standard InChI is InChI=1S/C14H21ClN4OS/c1-9-14(16)10(2)19(17-9)7-11(20)6-18(3)8-12-4-5-13(15)21-12/h4-5,11,20H,6-8,16H2,1-3H3. The van der Waals surface area contributed by atoms with Gasteiger partial charge in [-0.25, -0.2) is 0 Å². The van der Waals surface area contributed by atoms with Gasteiger partial charge in [-0.05, 0) is 33.0 Å². The van der Waals surface area contributed by atoms with Gasteiger partial charge in [-0.1, -0.05) is 11.6 Å². The summed E-state index contributed by atoms with van der Waals surface area (Å²) >= 11 is 7.48. The Morgan fingerprint density at radius 2 is 2.19 bits per heavy atom. The van der Waals surface area contributed by atoms with Crippen molar-refractivity contribution in [2.45, 2.75) is 33.0 Å². The molecule has 0 aromatic carbocycles. The number of likely N-dealkylation sites (N-methyl/N-ethyl adjacent to an activating group) is 1. The van der Waals surface area contributed by atoms with Gasteiger partial charge in [0, 0.05) is 18.0 Å². The van der Waals surface area contributed by atoms with Crippen molar-refractivity contribution in [1.82, 2.24) is 14.7 Å². The molecular formula is C14H21ClN4OS. The van der Waals surface area contributed by atoms with E-state index in [0.29, 0.717) is 18.8 Å². The lowest BCUT2D eigenvalue weighted by Gasteiger charge is -2.20. The first kappa shape index (κ1) is 16.3. The lowest BCUT2D eigenvalue weighted by molar-refractivity contribution is 0.103. The Morgan fingerprint density at radius 3 is 2.71 bits per heavy atom. The molecule has 5 nitrogen and oxygen atoms in total. The summed E-state index contributed by atoms with van der Waals surface area (Å²) in [5.41, 5.74) is 8.30. The Hall–Kier alpha value is -1.08. The zero-order chi connectivity index (χ0) is 15.6. The van der Waals surface area contributed by atoms with Gasteiger partial charge in [0.15, 0.2) is 0 Å². The molecular weight excluding hydrogens is 308 g/mol. The SMILES string of the molecule is Cc1nn(CC(O)CN(C)Cc2ccc(Cl)s2)c(C)c1N. The van der Waals surface area contributed by atoms with Gasteiger partial charge in [0.05, 0.1) is 34.1 Å². The number of aliphatic hydroxyl groups is 1. The third kappa shape index (κ3) is 4.20. The number of hydrogen-bond donors (Lipinski definition) is 2. The van der Waals surface area contributed by atoms with Crippen LogP contribution in [0.25, 0.3) is 0 Å². The molecule has 0 bridgehead atoms. The first-order chi connectivity index (χ1) is 9.86. The van der Waals surface area contributed by atoms with Crippen LogP contribution in [0.4, 0.5) is 5.69 Å². The molecule has 0 aliphatic carbocycles. The van der Waals surface area contributed by atoms with Crippen molar-refractivity contribution < 1.29 is 5.11 Å². The Bertz CT molecular complexity index is 610. The van der Waals surface area contributed by atoms with Crippen LogP contribution in [-0.4, -0.2) is 39.5 Å². The largest absolute Gasteiger partial charge is 0.396 e. The van der Waals surface area contributed by atoms with Crippen LogP contribution in [-0.2, 0) is 13.1 Å². The van der Waals surface area contributed by atoms with Crippen LogP contribution < -0.4 is 5.73 Å². The second kappa shape index (κ2) is 6.79. The molecule has 116 valence electrons. The minimum absolute atomic E-state index is 0.444. The predicted octanol–water partition coefficient (Wildman–Crippen LogP) is 2.29. The molecule has 1 unspecified atom stereocenters. The monoisotopic (exact) mass is 328 g/mol. The van der Waals surface area contributed by atoms with Crippen LogP contribution in [0.15, 0.2) is 12.1 Å². The fourth-order valence-electron chi connectivity index (χ4n) is 2.27. The van der Waals surface area contributed by atoms with E-state index in [-0.39, 0.29) is 0 Å². The maximum atomic E-state index is 10.2. The van der Waals surface area contributed by atoms with Crippen LogP contribution in [0.1, 0.15) is 16.3 Å². The molecule has 2 aromatic rings. The fraction of sp³-hybridized carbons (Fsp3) is 0.500. The van der Waals surface area contributed by atoms with Gasteiger partial charge < -0.3 is 10.8 Å². The van der Waals surface area contributed by atoms with Crippen molar-refractivity contribution >= 4 is 28.6 Å². The molecule has 0 radical (unpaired) electrons. The Kier molecular flexibility index (Phi) is 5.27. The van der Waals surface area contributed by atoms with E-state index in [0.717, 1.165) is 22.3 Å². The van der Waals surface area contributed by atoms with Gasteiger partial charge in [-0.15, -0.1) is 11.3 Å². The number of nitrogens with two attached hydrogens (primary N) is 1. The lowest BCUT2D eigenvalue weighted by Crippen LogP contribution is -2.32. The Labute approximate surface area is 133 Å². The number of aryl methyl sites for hydroxylation is 1. The third-order valence-electron chi connectivity index (χ3n) is 3.40. The number of rotatable bonds is 6. The van der Waals surface area contributed by atoms with Crippen LogP contribution in [0.3, 0.4) is 0 Å². The van der Waals surface area contributed by atoms with Gasteiger partial charge in [0.25, 0.3) is 0 Å². The molecule has 2 heterocycles. The summed E-state index contributed by atoms with van der Waals surface area (Å²) in [7, 11) is 1.98. The first-order valence-corrected chi connectivity index (χ1v) is 7.96. The highest BCUT2D eigenvalue weighted by atomic mass is 35.5. The summed E-state index contributed by atoms with van der Waals surface area (Å²) in [4.78, 5) is 3.26. The van der Waals surface area contributed by atoms with Crippen LogP contribution in [0, 0.1) is 13.8 Å². The molecule has 2 rings (SSSR count). The average molecular weight is 329 g/mol. The molecule has 3 N–H and O–H groups in total. The highest BCUT2D eigenvalue weighted by Gasteiger charge is 2.14. The summed E-state index contributed by atoms with van der Waals surface area (Å²) in [5.74, 6) is 0. The molecule has 21 heavy (non-hydrogen) atoms. The van der Waals surface area contributed by atoms with Crippen molar-refractivity contribution in [2.24, 2.45) is 0 Å². The number of aromatic nitrogens is 2. The van der Waals surface area contributed by atoms with E-state index in [9.17, 15) is 5.11 Å². The van der Waals surface area contributed by atoms with E-state index in [1.165, 1.54) is 4.88 Å².